The molecule has 1 aromatic carbocycles. The minimum atomic E-state index is -0.545. The third-order valence-electron chi connectivity index (χ3n) is 2.83. The summed E-state index contributed by atoms with van der Waals surface area (Å²) in [6.07, 6.45) is 0. The number of aliphatic imine (C=N–C) groups is 1. The molecule has 2 aromatic rings. The van der Waals surface area contributed by atoms with Crippen LogP contribution in [0.1, 0.15) is 11.3 Å². The Kier molecular flexibility index (Phi) is 2.91. The van der Waals surface area contributed by atoms with Gasteiger partial charge in [0, 0.05) is 16.7 Å². The Labute approximate surface area is 113 Å². The topological polar surface area (TPSA) is 62.8 Å². The number of benzene rings is 1. The van der Waals surface area contributed by atoms with Crippen LogP contribution in [0.15, 0.2) is 49.4 Å². The number of para-hydroxylation sites is 1. The molecule has 0 saturated heterocycles. The van der Waals surface area contributed by atoms with Gasteiger partial charge in [0.25, 0.3) is 0 Å². The number of thioether (sulfide) groups is 1. The lowest BCUT2D eigenvalue weighted by molar-refractivity contribution is 0.432. The van der Waals surface area contributed by atoms with Crippen molar-refractivity contribution in [1.29, 1.82) is 0 Å². The number of hydrogen-bond acceptors (Lipinski definition) is 5. The van der Waals surface area contributed by atoms with Gasteiger partial charge in [-0.05, 0) is 19.1 Å². The molecule has 0 spiro atoms. The van der Waals surface area contributed by atoms with Crippen LogP contribution in [0.25, 0.3) is 0 Å². The number of nitrogens with zero attached hydrogens (tertiary/aromatic N) is 1. The van der Waals surface area contributed by atoms with Crippen LogP contribution in [-0.4, -0.2) is 16.6 Å². The first kappa shape index (κ1) is 12.0. The minimum absolute atomic E-state index is 0.0764. The van der Waals surface area contributed by atoms with Gasteiger partial charge in [-0.1, -0.05) is 12.1 Å². The van der Waals surface area contributed by atoms with Gasteiger partial charge < -0.3 is 9.52 Å². The molecule has 0 bridgehead atoms. The standard InChI is InChI=1S/C14H11NO3S/c1-8-6-11(16)13(14(17)18-8)10-7-19-12-5-3-2-4-9(12)15-10/h2-6,16H,7H2,1H3. The first-order chi connectivity index (χ1) is 9.15. The molecular weight excluding hydrogens is 262 g/mol. The zero-order valence-corrected chi connectivity index (χ0v) is 11.0. The fourth-order valence-corrected chi connectivity index (χ4v) is 2.92. The highest BCUT2D eigenvalue weighted by Gasteiger charge is 2.20. The van der Waals surface area contributed by atoms with Gasteiger partial charge in [0.15, 0.2) is 0 Å². The Balaban J connectivity index is 2.15. The predicted octanol–water partition coefficient (Wildman–Crippen LogP) is 2.88. The van der Waals surface area contributed by atoms with E-state index in [0.29, 0.717) is 17.2 Å². The van der Waals surface area contributed by atoms with Crippen LogP contribution < -0.4 is 5.63 Å². The van der Waals surface area contributed by atoms with Gasteiger partial charge >= 0.3 is 5.63 Å². The minimum Gasteiger partial charge on any atom is -0.507 e. The van der Waals surface area contributed by atoms with E-state index in [1.54, 1.807) is 18.7 Å². The molecule has 4 nitrogen and oxygen atoms in total. The maximum Gasteiger partial charge on any atom is 0.348 e. The summed E-state index contributed by atoms with van der Waals surface area (Å²) in [7, 11) is 0. The molecule has 3 rings (SSSR count). The first-order valence-electron chi connectivity index (χ1n) is 5.78. The first-order valence-corrected chi connectivity index (χ1v) is 6.77. The molecule has 19 heavy (non-hydrogen) atoms. The van der Waals surface area contributed by atoms with Gasteiger partial charge in [-0.2, -0.15) is 0 Å². The van der Waals surface area contributed by atoms with Gasteiger partial charge in [-0.3, -0.25) is 4.99 Å². The Morgan fingerprint density at radius 2 is 2.16 bits per heavy atom. The summed E-state index contributed by atoms with van der Waals surface area (Å²) in [4.78, 5) is 17.4. The summed E-state index contributed by atoms with van der Waals surface area (Å²) < 4.78 is 5.02. The zero-order valence-electron chi connectivity index (χ0n) is 10.2. The molecule has 1 aromatic heterocycles. The van der Waals surface area contributed by atoms with E-state index in [0.717, 1.165) is 10.6 Å². The summed E-state index contributed by atoms with van der Waals surface area (Å²) in [5.74, 6) is 0.849. The summed E-state index contributed by atoms with van der Waals surface area (Å²) in [6, 6.07) is 9.14. The van der Waals surface area contributed by atoms with Crippen molar-refractivity contribution < 1.29 is 9.52 Å². The van der Waals surface area contributed by atoms with Crippen LogP contribution in [0.5, 0.6) is 5.75 Å². The summed E-state index contributed by atoms with van der Waals surface area (Å²) in [5.41, 5.74) is 0.979. The molecule has 0 fully saturated rings. The van der Waals surface area contributed by atoms with Gasteiger partial charge in [0.05, 0.1) is 11.4 Å². The number of aromatic hydroxyl groups is 1. The van der Waals surface area contributed by atoms with Crippen molar-refractivity contribution in [3.8, 4) is 5.75 Å². The maximum atomic E-state index is 11.9. The number of hydrogen-bond donors (Lipinski definition) is 1. The second kappa shape index (κ2) is 4.59. The molecule has 0 radical (unpaired) electrons. The molecule has 0 amide bonds. The van der Waals surface area contributed by atoms with Crippen molar-refractivity contribution >= 4 is 23.2 Å². The highest BCUT2D eigenvalue weighted by molar-refractivity contribution is 8.00. The Morgan fingerprint density at radius 3 is 2.95 bits per heavy atom. The van der Waals surface area contributed by atoms with E-state index in [1.807, 2.05) is 24.3 Å². The SMILES string of the molecule is Cc1cc(O)c(C2=Nc3ccccc3SC2)c(=O)o1. The van der Waals surface area contributed by atoms with Crippen molar-refractivity contribution in [3.05, 3.63) is 52.1 Å². The fourth-order valence-electron chi connectivity index (χ4n) is 1.99. The molecule has 96 valence electrons. The van der Waals surface area contributed by atoms with Crippen LogP contribution >= 0.6 is 11.8 Å². The van der Waals surface area contributed by atoms with E-state index in [9.17, 15) is 9.90 Å². The van der Waals surface area contributed by atoms with E-state index >= 15 is 0 Å². The van der Waals surface area contributed by atoms with Gasteiger partial charge in [0.1, 0.15) is 17.1 Å². The molecule has 0 saturated carbocycles. The van der Waals surface area contributed by atoms with Crippen molar-refractivity contribution in [2.45, 2.75) is 11.8 Å². The van der Waals surface area contributed by atoms with Crippen LogP contribution in [0.4, 0.5) is 5.69 Å². The predicted molar refractivity (Wildman–Crippen MR) is 74.7 cm³/mol. The molecule has 0 unspecified atom stereocenters. The maximum absolute atomic E-state index is 11.9. The number of rotatable bonds is 1. The van der Waals surface area contributed by atoms with Crippen molar-refractivity contribution in [3.63, 3.8) is 0 Å². The molecule has 2 heterocycles. The average Bonchev–Trinajstić information content (AvgIpc) is 2.37. The van der Waals surface area contributed by atoms with E-state index < -0.39 is 5.63 Å². The molecule has 0 aliphatic carbocycles. The molecular formula is C14H11NO3S. The molecule has 1 aliphatic heterocycles. The molecule has 1 N–H and O–H groups in total. The lowest BCUT2D eigenvalue weighted by Gasteiger charge is -2.14. The summed E-state index contributed by atoms with van der Waals surface area (Å²) in [6.45, 7) is 1.62. The number of aryl methyl sites for hydroxylation is 1. The quantitative estimate of drug-likeness (QED) is 0.867. The monoisotopic (exact) mass is 273 g/mol. The van der Waals surface area contributed by atoms with Crippen molar-refractivity contribution in [2.75, 3.05) is 5.75 Å². The third kappa shape index (κ3) is 2.17. The van der Waals surface area contributed by atoms with Crippen LogP contribution in [0.2, 0.25) is 0 Å². The highest BCUT2D eigenvalue weighted by atomic mass is 32.2. The molecule has 5 heteroatoms. The van der Waals surface area contributed by atoms with Crippen molar-refractivity contribution in [1.82, 2.24) is 0 Å². The summed E-state index contributed by atoms with van der Waals surface area (Å²) in [5, 5.41) is 9.92. The molecule has 0 atom stereocenters. The Bertz CT molecular complexity index is 734. The lowest BCUT2D eigenvalue weighted by atomic mass is 10.1. The van der Waals surface area contributed by atoms with Crippen LogP contribution in [0.3, 0.4) is 0 Å². The van der Waals surface area contributed by atoms with E-state index in [1.165, 1.54) is 6.07 Å². The van der Waals surface area contributed by atoms with E-state index in [4.69, 9.17) is 4.42 Å². The van der Waals surface area contributed by atoms with Crippen LogP contribution in [-0.2, 0) is 0 Å². The smallest absolute Gasteiger partial charge is 0.348 e. The molecule has 1 aliphatic rings. The second-order valence-corrected chi connectivity index (χ2v) is 5.24. The van der Waals surface area contributed by atoms with Gasteiger partial charge in [-0.15, -0.1) is 11.8 Å². The van der Waals surface area contributed by atoms with E-state index in [2.05, 4.69) is 4.99 Å². The Morgan fingerprint density at radius 1 is 1.37 bits per heavy atom. The fraction of sp³-hybridized carbons (Fsp3) is 0.143. The third-order valence-corrected chi connectivity index (χ3v) is 3.90. The lowest BCUT2D eigenvalue weighted by Crippen LogP contribution is -2.18. The highest BCUT2D eigenvalue weighted by Crippen LogP contribution is 2.35. The zero-order chi connectivity index (χ0) is 13.4. The summed E-state index contributed by atoms with van der Waals surface area (Å²) >= 11 is 1.59. The van der Waals surface area contributed by atoms with Crippen molar-refractivity contribution in [2.24, 2.45) is 4.99 Å². The van der Waals surface area contributed by atoms with Gasteiger partial charge in [-0.25, -0.2) is 4.79 Å². The van der Waals surface area contributed by atoms with Gasteiger partial charge in [0.2, 0.25) is 0 Å². The number of fused-ring (bicyclic) bond motifs is 1. The second-order valence-electron chi connectivity index (χ2n) is 4.22. The largest absolute Gasteiger partial charge is 0.507 e. The average molecular weight is 273 g/mol. The van der Waals surface area contributed by atoms with Crippen LogP contribution in [0, 0.1) is 6.92 Å². The normalized spacial score (nSPS) is 13.8. The van der Waals surface area contributed by atoms with E-state index in [-0.39, 0.29) is 11.3 Å². The Hall–Kier alpha value is -2.01.